The van der Waals surface area contributed by atoms with Crippen LogP contribution in [0.15, 0.2) is 0 Å². The SMILES string of the molecule is CN(C(=O)NC(C)(C)C(C)(C)C(=O)O)C1CCCCC1. The van der Waals surface area contributed by atoms with Gasteiger partial charge in [0.1, 0.15) is 0 Å². The van der Waals surface area contributed by atoms with E-state index in [1.807, 2.05) is 0 Å². The number of amides is 2. The largest absolute Gasteiger partial charge is 0.481 e. The molecule has 1 aliphatic carbocycles. The Morgan fingerprint density at radius 3 is 2.05 bits per heavy atom. The second kappa shape index (κ2) is 6.02. The number of rotatable bonds is 4. The van der Waals surface area contributed by atoms with Crippen LogP contribution in [-0.2, 0) is 4.79 Å². The zero-order valence-corrected chi connectivity index (χ0v) is 13.3. The molecule has 0 radical (unpaired) electrons. The highest BCUT2D eigenvalue weighted by Crippen LogP contribution is 2.31. The number of carbonyl (C=O) groups is 2. The Morgan fingerprint density at radius 1 is 1.10 bits per heavy atom. The molecule has 0 aromatic carbocycles. The fourth-order valence-corrected chi connectivity index (χ4v) is 2.41. The summed E-state index contributed by atoms with van der Waals surface area (Å²) in [6.45, 7) is 6.79. The average Bonchev–Trinajstić information content (AvgIpc) is 2.37. The van der Waals surface area contributed by atoms with Crippen molar-refractivity contribution < 1.29 is 14.7 Å². The summed E-state index contributed by atoms with van der Waals surface area (Å²) in [5.41, 5.74) is -1.85. The summed E-state index contributed by atoms with van der Waals surface area (Å²) < 4.78 is 0. The van der Waals surface area contributed by atoms with Crippen molar-refractivity contribution in [3.05, 3.63) is 0 Å². The number of nitrogens with one attached hydrogen (secondary N) is 1. The van der Waals surface area contributed by atoms with Crippen molar-refractivity contribution >= 4 is 12.0 Å². The van der Waals surface area contributed by atoms with Gasteiger partial charge in [-0.15, -0.1) is 0 Å². The molecular formula is C15H28N2O3. The molecule has 116 valence electrons. The second-order valence-corrected chi connectivity index (χ2v) is 6.89. The smallest absolute Gasteiger partial charge is 0.317 e. The Hall–Kier alpha value is -1.26. The van der Waals surface area contributed by atoms with Gasteiger partial charge < -0.3 is 15.3 Å². The summed E-state index contributed by atoms with van der Waals surface area (Å²) in [5, 5.41) is 12.2. The fraction of sp³-hybridized carbons (Fsp3) is 0.867. The number of hydrogen-bond acceptors (Lipinski definition) is 2. The number of carboxylic acid groups (broad SMARTS) is 1. The van der Waals surface area contributed by atoms with Gasteiger partial charge in [-0.05, 0) is 40.5 Å². The minimum Gasteiger partial charge on any atom is -0.481 e. The highest BCUT2D eigenvalue weighted by atomic mass is 16.4. The minimum absolute atomic E-state index is 0.184. The van der Waals surface area contributed by atoms with Gasteiger partial charge in [-0.2, -0.15) is 0 Å². The fourth-order valence-electron chi connectivity index (χ4n) is 2.41. The summed E-state index contributed by atoms with van der Waals surface area (Å²) in [4.78, 5) is 25.4. The average molecular weight is 284 g/mol. The van der Waals surface area contributed by atoms with Crippen LogP contribution in [-0.4, -0.2) is 40.6 Å². The summed E-state index contributed by atoms with van der Waals surface area (Å²) in [5.74, 6) is -0.914. The first kappa shape index (κ1) is 16.8. The normalized spacial score (nSPS) is 17.6. The molecule has 0 spiro atoms. The summed E-state index contributed by atoms with van der Waals surface area (Å²) in [6, 6.07) is 0.0868. The maximum absolute atomic E-state index is 12.3. The van der Waals surface area contributed by atoms with Crippen molar-refractivity contribution in [2.45, 2.75) is 71.4 Å². The minimum atomic E-state index is -1.03. The summed E-state index contributed by atoms with van der Waals surface area (Å²) >= 11 is 0. The number of aliphatic carboxylic acids is 1. The maximum atomic E-state index is 12.3. The molecule has 0 saturated heterocycles. The van der Waals surface area contributed by atoms with Gasteiger partial charge in [-0.1, -0.05) is 19.3 Å². The van der Waals surface area contributed by atoms with E-state index in [0.717, 1.165) is 25.7 Å². The molecule has 2 N–H and O–H groups in total. The van der Waals surface area contributed by atoms with Gasteiger partial charge in [-0.25, -0.2) is 4.79 Å². The lowest BCUT2D eigenvalue weighted by molar-refractivity contribution is -0.150. The predicted molar refractivity (Wildman–Crippen MR) is 78.7 cm³/mol. The molecule has 5 heteroatoms. The number of carboxylic acids is 1. The van der Waals surface area contributed by atoms with Crippen LogP contribution in [0.1, 0.15) is 59.8 Å². The second-order valence-electron chi connectivity index (χ2n) is 6.89. The first-order valence-electron chi connectivity index (χ1n) is 7.38. The van der Waals surface area contributed by atoms with E-state index in [0.29, 0.717) is 0 Å². The van der Waals surface area contributed by atoms with Crippen LogP contribution >= 0.6 is 0 Å². The molecule has 1 fully saturated rings. The highest BCUT2D eigenvalue weighted by Gasteiger charge is 2.45. The molecule has 0 aliphatic heterocycles. The van der Waals surface area contributed by atoms with Gasteiger partial charge in [-0.3, -0.25) is 4.79 Å². The first-order chi connectivity index (χ1) is 9.09. The topological polar surface area (TPSA) is 69.6 Å². The van der Waals surface area contributed by atoms with E-state index < -0.39 is 16.9 Å². The van der Waals surface area contributed by atoms with E-state index in [2.05, 4.69) is 5.32 Å². The van der Waals surface area contributed by atoms with Crippen molar-refractivity contribution in [2.75, 3.05) is 7.05 Å². The Balaban J connectivity index is 2.71. The maximum Gasteiger partial charge on any atom is 0.317 e. The van der Waals surface area contributed by atoms with E-state index in [1.165, 1.54) is 6.42 Å². The van der Waals surface area contributed by atoms with E-state index in [4.69, 9.17) is 0 Å². The monoisotopic (exact) mass is 284 g/mol. The van der Waals surface area contributed by atoms with Gasteiger partial charge in [0.05, 0.1) is 11.0 Å². The molecule has 1 aliphatic rings. The van der Waals surface area contributed by atoms with Crippen LogP contribution in [0.3, 0.4) is 0 Å². The number of carbonyl (C=O) groups excluding carboxylic acids is 1. The quantitative estimate of drug-likeness (QED) is 0.834. The van der Waals surface area contributed by atoms with Crippen LogP contribution in [0.2, 0.25) is 0 Å². The molecule has 5 nitrogen and oxygen atoms in total. The van der Waals surface area contributed by atoms with Crippen LogP contribution in [0.25, 0.3) is 0 Å². The van der Waals surface area contributed by atoms with Crippen LogP contribution in [0.4, 0.5) is 4.79 Å². The standard InChI is InChI=1S/C15H28N2O3/c1-14(2,12(18)19)15(3,4)16-13(20)17(5)11-9-7-6-8-10-11/h11H,6-10H2,1-5H3,(H,16,20)(H,18,19). The summed E-state index contributed by atoms with van der Waals surface area (Å²) in [7, 11) is 1.80. The molecule has 0 atom stereocenters. The van der Waals surface area contributed by atoms with Gasteiger partial charge in [0.25, 0.3) is 0 Å². The van der Waals surface area contributed by atoms with Gasteiger partial charge in [0.15, 0.2) is 0 Å². The number of nitrogens with zero attached hydrogens (tertiary/aromatic N) is 1. The zero-order chi connectivity index (χ0) is 15.6. The number of urea groups is 1. The van der Waals surface area contributed by atoms with Gasteiger partial charge >= 0.3 is 12.0 Å². The molecular weight excluding hydrogens is 256 g/mol. The van der Waals surface area contributed by atoms with Gasteiger partial charge in [0, 0.05) is 13.1 Å². The van der Waals surface area contributed by atoms with Crippen molar-refractivity contribution in [2.24, 2.45) is 5.41 Å². The molecule has 0 aromatic heterocycles. The molecule has 1 rings (SSSR count). The predicted octanol–water partition coefficient (Wildman–Crippen LogP) is 2.85. The third-order valence-electron chi connectivity index (χ3n) is 4.96. The van der Waals surface area contributed by atoms with Crippen molar-refractivity contribution in [3.8, 4) is 0 Å². The third-order valence-corrected chi connectivity index (χ3v) is 4.96. The molecule has 1 saturated carbocycles. The lowest BCUT2D eigenvalue weighted by Gasteiger charge is -2.41. The third kappa shape index (κ3) is 3.44. The number of hydrogen-bond donors (Lipinski definition) is 2. The van der Waals surface area contributed by atoms with Crippen LogP contribution in [0.5, 0.6) is 0 Å². The zero-order valence-electron chi connectivity index (χ0n) is 13.3. The molecule has 0 heterocycles. The Kier molecular flexibility index (Phi) is 5.05. The lowest BCUT2D eigenvalue weighted by atomic mass is 9.74. The Morgan fingerprint density at radius 2 is 1.60 bits per heavy atom. The van der Waals surface area contributed by atoms with Crippen molar-refractivity contribution in [1.29, 1.82) is 0 Å². The summed E-state index contributed by atoms with van der Waals surface area (Å²) in [6.07, 6.45) is 5.63. The van der Waals surface area contributed by atoms with Crippen molar-refractivity contribution in [1.82, 2.24) is 10.2 Å². The lowest BCUT2D eigenvalue weighted by Crippen LogP contribution is -2.60. The Labute approximate surface area is 121 Å². The molecule has 20 heavy (non-hydrogen) atoms. The molecule has 2 amide bonds. The molecule has 0 unspecified atom stereocenters. The van der Waals surface area contributed by atoms with E-state index in [9.17, 15) is 14.7 Å². The molecule has 0 aromatic rings. The Bertz CT molecular complexity index is 371. The van der Waals surface area contributed by atoms with Crippen molar-refractivity contribution in [3.63, 3.8) is 0 Å². The van der Waals surface area contributed by atoms with Gasteiger partial charge in [0.2, 0.25) is 0 Å². The first-order valence-corrected chi connectivity index (χ1v) is 7.38. The van der Waals surface area contributed by atoms with E-state index >= 15 is 0 Å². The van der Waals surface area contributed by atoms with Crippen LogP contribution in [0, 0.1) is 5.41 Å². The van der Waals surface area contributed by atoms with Crippen LogP contribution < -0.4 is 5.32 Å². The van der Waals surface area contributed by atoms with E-state index in [1.54, 1.807) is 39.6 Å². The highest BCUT2D eigenvalue weighted by molar-refractivity contribution is 5.79. The molecule has 0 bridgehead atoms. The van der Waals surface area contributed by atoms with E-state index in [-0.39, 0.29) is 12.1 Å².